The second kappa shape index (κ2) is 33.7. The van der Waals surface area contributed by atoms with Gasteiger partial charge in [-0.05, 0) is 35.5 Å². The average molecular weight is 780 g/mol. The number of hydrogen-bond donors (Lipinski definition) is 2. The number of ether oxygens (including phenoxy) is 9. The van der Waals surface area contributed by atoms with Gasteiger partial charge in [0.25, 0.3) is 0 Å². The summed E-state index contributed by atoms with van der Waals surface area (Å²) in [4.78, 5) is 27.2. The lowest BCUT2D eigenvalue weighted by Crippen LogP contribution is -2.45. The molecule has 0 aromatic carbocycles. The first-order valence-corrected chi connectivity index (χ1v) is 20.0. The number of carbonyl (C=O) groups excluding carboxylic acids is 2. The van der Waals surface area contributed by atoms with Gasteiger partial charge in [-0.3, -0.25) is 14.5 Å². The Labute approximate surface area is 328 Å². The molecule has 0 aliphatic carbocycles. The molecule has 0 heterocycles. The Balaban J connectivity index is 4.27. The molecule has 0 aliphatic heterocycles. The van der Waals surface area contributed by atoms with Crippen molar-refractivity contribution < 1.29 is 52.2 Å². The van der Waals surface area contributed by atoms with Crippen LogP contribution in [0.15, 0.2) is 0 Å². The maximum Gasteiger partial charge on any atom is 0.234 e. The Bertz CT molecular complexity index is 825. The molecule has 14 nitrogen and oxygen atoms in total. The highest BCUT2D eigenvalue weighted by Crippen LogP contribution is 2.19. The SMILES string of the molecule is CC(C)(C)CCOCCOCCOCCNC(=O)CN(CCOCCOCCOCCC(C)(C)C)CC(=O)NCCOCCOCCOCCC(C)(C)C. The predicted octanol–water partition coefficient (Wildman–Crippen LogP) is 3.98. The number of rotatable bonds is 37. The van der Waals surface area contributed by atoms with Crippen molar-refractivity contribution in [2.24, 2.45) is 16.2 Å². The minimum absolute atomic E-state index is 0.0469. The van der Waals surface area contributed by atoms with E-state index in [1.165, 1.54) is 0 Å². The van der Waals surface area contributed by atoms with Gasteiger partial charge in [0.15, 0.2) is 0 Å². The fourth-order valence-corrected chi connectivity index (χ4v) is 4.21. The molecule has 0 fully saturated rings. The van der Waals surface area contributed by atoms with Gasteiger partial charge in [-0.1, -0.05) is 62.3 Å². The van der Waals surface area contributed by atoms with E-state index in [0.29, 0.717) is 125 Å². The molecular weight excluding hydrogens is 698 g/mol. The van der Waals surface area contributed by atoms with E-state index in [4.69, 9.17) is 42.6 Å². The van der Waals surface area contributed by atoms with Crippen molar-refractivity contribution in [2.45, 2.75) is 81.6 Å². The minimum atomic E-state index is -0.201. The van der Waals surface area contributed by atoms with Crippen LogP contribution in [0.4, 0.5) is 0 Å². The van der Waals surface area contributed by atoms with Gasteiger partial charge in [-0.2, -0.15) is 0 Å². The topological polar surface area (TPSA) is 145 Å². The third-order valence-electron chi connectivity index (χ3n) is 7.64. The third-order valence-corrected chi connectivity index (χ3v) is 7.64. The quantitative estimate of drug-likeness (QED) is 0.0881. The lowest BCUT2D eigenvalue weighted by molar-refractivity contribution is -0.125. The van der Waals surface area contributed by atoms with E-state index in [1.807, 2.05) is 0 Å². The first-order chi connectivity index (χ1) is 25.6. The highest BCUT2D eigenvalue weighted by molar-refractivity contribution is 5.81. The van der Waals surface area contributed by atoms with Crippen LogP contribution in [0, 0.1) is 16.2 Å². The summed E-state index contributed by atoms with van der Waals surface area (Å²) in [6.07, 6.45) is 3.01. The smallest absolute Gasteiger partial charge is 0.234 e. The molecule has 2 N–H and O–H groups in total. The van der Waals surface area contributed by atoms with Crippen molar-refractivity contribution in [1.82, 2.24) is 15.5 Å². The number of carbonyl (C=O) groups is 2. The van der Waals surface area contributed by atoms with Crippen LogP contribution in [0.5, 0.6) is 0 Å². The molecule has 14 heteroatoms. The van der Waals surface area contributed by atoms with Crippen LogP contribution in [0.1, 0.15) is 81.6 Å². The number of nitrogens with zero attached hydrogens (tertiary/aromatic N) is 1. The largest absolute Gasteiger partial charge is 0.379 e. The summed E-state index contributed by atoms with van der Waals surface area (Å²) in [6, 6.07) is 0. The highest BCUT2D eigenvalue weighted by atomic mass is 16.6. The molecule has 322 valence electrons. The van der Waals surface area contributed by atoms with Crippen molar-refractivity contribution in [1.29, 1.82) is 0 Å². The van der Waals surface area contributed by atoms with Crippen molar-refractivity contribution in [3.8, 4) is 0 Å². The monoisotopic (exact) mass is 780 g/mol. The van der Waals surface area contributed by atoms with Gasteiger partial charge in [0, 0.05) is 39.5 Å². The Morgan fingerprint density at radius 2 is 0.611 bits per heavy atom. The summed E-state index contributed by atoms with van der Waals surface area (Å²) in [6.45, 7) is 30.0. The summed E-state index contributed by atoms with van der Waals surface area (Å²) < 4.78 is 50.3. The maximum absolute atomic E-state index is 12.7. The van der Waals surface area contributed by atoms with E-state index >= 15 is 0 Å². The molecule has 0 unspecified atom stereocenters. The molecule has 0 aliphatic rings. The molecule has 0 rings (SSSR count). The first-order valence-electron chi connectivity index (χ1n) is 20.0. The van der Waals surface area contributed by atoms with Crippen LogP contribution in [0.25, 0.3) is 0 Å². The standard InChI is InChI=1S/C40H81N3O11/c1-38(2,3)10-16-46-22-28-52-31-25-49-19-13-41-36(44)34-43(15-21-51-27-33-54-30-24-48-18-12-40(7,8)9)35-37(45)42-14-20-50-26-32-53-29-23-47-17-11-39(4,5)6/h10-35H2,1-9H3,(H,41,44)(H,42,45). The number of hydrogen-bond acceptors (Lipinski definition) is 12. The predicted molar refractivity (Wildman–Crippen MR) is 212 cm³/mol. The summed E-state index contributed by atoms with van der Waals surface area (Å²) in [5, 5.41) is 5.71. The molecule has 0 radical (unpaired) electrons. The zero-order chi connectivity index (χ0) is 40.4. The summed E-state index contributed by atoms with van der Waals surface area (Å²) in [5.41, 5.74) is 0.775. The van der Waals surface area contributed by atoms with E-state index in [0.717, 1.165) is 32.5 Å². The van der Waals surface area contributed by atoms with E-state index in [1.54, 1.807) is 4.90 Å². The molecule has 0 bridgehead atoms. The van der Waals surface area contributed by atoms with Crippen molar-refractivity contribution in [2.75, 3.05) is 152 Å². The summed E-state index contributed by atoms with van der Waals surface area (Å²) >= 11 is 0. The number of amides is 2. The maximum atomic E-state index is 12.7. The zero-order valence-electron chi connectivity index (χ0n) is 35.8. The molecule has 0 aromatic heterocycles. The van der Waals surface area contributed by atoms with Gasteiger partial charge in [-0.25, -0.2) is 0 Å². The normalized spacial score (nSPS) is 12.5. The Morgan fingerprint density at radius 3 is 0.889 bits per heavy atom. The van der Waals surface area contributed by atoms with E-state index < -0.39 is 0 Å². The minimum Gasteiger partial charge on any atom is -0.379 e. The van der Waals surface area contributed by atoms with Gasteiger partial charge in [0.2, 0.25) is 11.8 Å². The highest BCUT2D eigenvalue weighted by Gasteiger charge is 2.15. The van der Waals surface area contributed by atoms with Crippen LogP contribution in [-0.4, -0.2) is 168 Å². The molecule has 0 aromatic rings. The molecule has 54 heavy (non-hydrogen) atoms. The summed E-state index contributed by atoms with van der Waals surface area (Å²) in [5.74, 6) is -0.402. The number of nitrogens with one attached hydrogen (secondary N) is 2. The van der Waals surface area contributed by atoms with Crippen LogP contribution in [0.3, 0.4) is 0 Å². The van der Waals surface area contributed by atoms with Gasteiger partial charge < -0.3 is 53.3 Å². The van der Waals surface area contributed by atoms with Crippen LogP contribution < -0.4 is 10.6 Å². The molecular formula is C40H81N3O11. The van der Waals surface area contributed by atoms with E-state index in [-0.39, 0.29) is 41.1 Å². The average Bonchev–Trinajstić information content (AvgIpc) is 3.06. The van der Waals surface area contributed by atoms with Crippen molar-refractivity contribution in [3.63, 3.8) is 0 Å². The van der Waals surface area contributed by atoms with Crippen LogP contribution in [-0.2, 0) is 52.2 Å². The fraction of sp³-hybridized carbons (Fsp3) is 0.950. The van der Waals surface area contributed by atoms with Gasteiger partial charge in [0.05, 0.1) is 112 Å². The van der Waals surface area contributed by atoms with E-state index in [2.05, 4.69) is 72.9 Å². The lowest BCUT2D eigenvalue weighted by atomic mass is 9.93. The molecule has 0 spiro atoms. The second-order valence-electron chi connectivity index (χ2n) is 16.9. The Morgan fingerprint density at radius 1 is 0.370 bits per heavy atom. The zero-order valence-corrected chi connectivity index (χ0v) is 35.8. The molecule has 0 saturated heterocycles. The molecule has 0 saturated carbocycles. The van der Waals surface area contributed by atoms with Gasteiger partial charge in [0.1, 0.15) is 0 Å². The van der Waals surface area contributed by atoms with Gasteiger partial charge >= 0.3 is 0 Å². The van der Waals surface area contributed by atoms with Crippen LogP contribution >= 0.6 is 0 Å². The van der Waals surface area contributed by atoms with Crippen LogP contribution in [0.2, 0.25) is 0 Å². The lowest BCUT2D eigenvalue weighted by Gasteiger charge is -2.21. The second-order valence-corrected chi connectivity index (χ2v) is 16.9. The van der Waals surface area contributed by atoms with Crippen molar-refractivity contribution >= 4 is 11.8 Å². The Hall–Kier alpha value is -1.46. The molecule has 0 atom stereocenters. The Kier molecular flexibility index (Phi) is 32.7. The molecule has 2 amide bonds. The third kappa shape index (κ3) is 43.3. The summed E-state index contributed by atoms with van der Waals surface area (Å²) in [7, 11) is 0. The van der Waals surface area contributed by atoms with Gasteiger partial charge in [-0.15, -0.1) is 0 Å². The first kappa shape index (κ1) is 52.5. The van der Waals surface area contributed by atoms with E-state index in [9.17, 15) is 9.59 Å². The van der Waals surface area contributed by atoms with Crippen molar-refractivity contribution in [3.05, 3.63) is 0 Å². The fourth-order valence-electron chi connectivity index (χ4n) is 4.21.